The van der Waals surface area contributed by atoms with Crippen molar-refractivity contribution in [2.75, 3.05) is 42.9 Å². The van der Waals surface area contributed by atoms with Crippen LogP contribution in [0.3, 0.4) is 0 Å². The van der Waals surface area contributed by atoms with Gasteiger partial charge in [-0.25, -0.2) is 9.97 Å². The van der Waals surface area contributed by atoms with Crippen molar-refractivity contribution in [1.29, 1.82) is 0 Å². The number of aromatic nitrogens is 2. The minimum Gasteiger partial charge on any atom is -0.370 e. The maximum Gasteiger partial charge on any atom is 0.129 e. The number of nitrogens with one attached hydrogen (secondary N) is 2. The van der Waals surface area contributed by atoms with E-state index in [1.165, 1.54) is 36.9 Å². The minimum atomic E-state index is 0.520. The number of rotatable bonds is 5. The number of para-hydroxylation sites is 1. The van der Waals surface area contributed by atoms with Crippen LogP contribution in [0.1, 0.15) is 36.4 Å². The standard InChI is InChI=1S/C20H27N5/c1-2-8-19-16(5-1)7-4-11-25(19)12-10-22-20-13-18(23-15-24-20)17-6-3-9-21-14-17/h1-2,5,8,13,15,17,21H,3-4,6-7,9-12,14H2,(H,22,23,24)/t17-/m0/s1. The Bertz CT molecular complexity index is 696. The van der Waals surface area contributed by atoms with Gasteiger partial charge in [-0.3, -0.25) is 0 Å². The molecule has 0 amide bonds. The summed E-state index contributed by atoms with van der Waals surface area (Å²) in [5.74, 6) is 1.46. The van der Waals surface area contributed by atoms with E-state index in [9.17, 15) is 0 Å². The third-order valence-corrected chi connectivity index (χ3v) is 5.30. The van der Waals surface area contributed by atoms with Gasteiger partial charge in [0, 0.05) is 43.9 Å². The molecule has 132 valence electrons. The summed E-state index contributed by atoms with van der Waals surface area (Å²) < 4.78 is 0. The Labute approximate surface area is 149 Å². The number of fused-ring (bicyclic) bond motifs is 1. The summed E-state index contributed by atoms with van der Waals surface area (Å²) in [7, 11) is 0. The highest BCUT2D eigenvalue weighted by Crippen LogP contribution is 2.26. The number of anilines is 2. The van der Waals surface area contributed by atoms with Crippen LogP contribution < -0.4 is 15.5 Å². The van der Waals surface area contributed by atoms with Gasteiger partial charge in [0.2, 0.25) is 0 Å². The first kappa shape index (κ1) is 16.3. The zero-order valence-corrected chi connectivity index (χ0v) is 14.7. The Balaban J connectivity index is 1.35. The molecule has 1 aromatic carbocycles. The van der Waals surface area contributed by atoms with Crippen molar-refractivity contribution in [3.8, 4) is 0 Å². The molecule has 2 aromatic rings. The molecule has 1 fully saturated rings. The van der Waals surface area contributed by atoms with Crippen molar-refractivity contribution >= 4 is 11.5 Å². The van der Waals surface area contributed by atoms with Crippen molar-refractivity contribution in [2.45, 2.75) is 31.6 Å². The second-order valence-electron chi connectivity index (χ2n) is 7.02. The Morgan fingerprint density at radius 2 is 2.16 bits per heavy atom. The van der Waals surface area contributed by atoms with Crippen molar-refractivity contribution in [3.63, 3.8) is 0 Å². The van der Waals surface area contributed by atoms with Gasteiger partial charge in [-0.1, -0.05) is 18.2 Å². The summed E-state index contributed by atoms with van der Waals surface area (Å²) >= 11 is 0. The van der Waals surface area contributed by atoms with E-state index in [1.807, 2.05) is 0 Å². The highest BCUT2D eigenvalue weighted by molar-refractivity contribution is 5.55. The molecule has 0 bridgehead atoms. The van der Waals surface area contributed by atoms with E-state index in [4.69, 9.17) is 0 Å². The van der Waals surface area contributed by atoms with E-state index < -0.39 is 0 Å². The van der Waals surface area contributed by atoms with E-state index >= 15 is 0 Å². The Morgan fingerprint density at radius 1 is 1.20 bits per heavy atom. The lowest BCUT2D eigenvalue weighted by atomic mass is 9.96. The van der Waals surface area contributed by atoms with Crippen LogP contribution in [0.15, 0.2) is 36.7 Å². The molecule has 0 unspecified atom stereocenters. The van der Waals surface area contributed by atoms with Crippen molar-refractivity contribution in [1.82, 2.24) is 15.3 Å². The zero-order chi connectivity index (χ0) is 16.9. The molecule has 5 nitrogen and oxygen atoms in total. The predicted octanol–water partition coefficient (Wildman–Crippen LogP) is 2.81. The number of nitrogens with zero attached hydrogens (tertiary/aromatic N) is 3. The largest absolute Gasteiger partial charge is 0.370 e. The fraction of sp³-hybridized carbons (Fsp3) is 0.500. The maximum atomic E-state index is 4.49. The molecule has 1 saturated heterocycles. The van der Waals surface area contributed by atoms with Crippen LogP contribution in [0.25, 0.3) is 0 Å². The summed E-state index contributed by atoms with van der Waals surface area (Å²) in [4.78, 5) is 11.4. The Hall–Kier alpha value is -2.14. The van der Waals surface area contributed by atoms with Gasteiger partial charge in [-0.05, 0) is 43.9 Å². The van der Waals surface area contributed by atoms with Gasteiger partial charge in [0.15, 0.2) is 0 Å². The molecule has 3 heterocycles. The lowest BCUT2D eigenvalue weighted by Crippen LogP contribution is -2.33. The monoisotopic (exact) mass is 337 g/mol. The third kappa shape index (κ3) is 3.93. The van der Waals surface area contributed by atoms with Crippen LogP contribution in [0, 0.1) is 0 Å². The van der Waals surface area contributed by atoms with Crippen LogP contribution in [0.2, 0.25) is 0 Å². The average Bonchev–Trinajstić information content (AvgIpc) is 2.69. The quantitative estimate of drug-likeness (QED) is 0.879. The van der Waals surface area contributed by atoms with Gasteiger partial charge in [0.05, 0.1) is 5.69 Å². The lowest BCUT2D eigenvalue weighted by molar-refractivity contribution is 0.454. The van der Waals surface area contributed by atoms with Crippen LogP contribution in [0.4, 0.5) is 11.5 Å². The molecular formula is C20H27N5. The van der Waals surface area contributed by atoms with E-state index in [2.05, 4.69) is 55.8 Å². The number of hydrogen-bond donors (Lipinski definition) is 2. The molecule has 0 radical (unpaired) electrons. The van der Waals surface area contributed by atoms with Crippen LogP contribution in [0.5, 0.6) is 0 Å². The Kier molecular flexibility index (Phi) is 5.11. The fourth-order valence-electron chi connectivity index (χ4n) is 3.96. The molecular weight excluding hydrogens is 310 g/mol. The van der Waals surface area contributed by atoms with Crippen LogP contribution in [-0.2, 0) is 6.42 Å². The summed E-state index contributed by atoms with van der Waals surface area (Å²) in [6, 6.07) is 10.9. The lowest BCUT2D eigenvalue weighted by Gasteiger charge is -2.31. The van der Waals surface area contributed by atoms with Gasteiger partial charge in [-0.2, -0.15) is 0 Å². The molecule has 0 saturated carbocycles. The van der Waals surface area contributed by atoms with Gasteiger partial charge >= 0.3 is 0 Å². The molecule has 2 N–H and O–H groups in total. The first-order valence-electron chi connectivity index (χ1n) is 9.49. The number of hydrogen-bond acceptors (Lipinski definition) is 5. The Morgan fingerprint density at radius 3 is 3.08 bits per heavy atom. The number of piperidine rings is 1. The molecule has 2 aliphatic rings. The highest BCUT2D eigenvalue weighted by atomic mass is 15.2. The van der Waals surface area contributed by atoms with E-state index in [-0.39, 0.29) is 0 Å². The molecule has 25 heavy (non-hydrogen) atoms. The third-order valence-electron chi connectivity index (χ3n) is 5.30. The normalized spacial score (nSPS) is 20.2. The molecule has 5 heteroatoms. The van der Waals surface area contributed by atoms with Gasteiger partial charge < -0.3 is 15.5 Å². The minimum absolute atomic E-state index is 0.520. The molecule has 4 rings (SSSR count). The van der Waals surface area contributed by atoms with E-state index in [1.54, 1.807) is 6.33 Å². The number of aryl methyl sites for hydroxylation is 1. The summed E-state index contributed by atoms with van der Waals surface area (Å²) in [6.07, 6.45) is 6.58. The van der Waals surface area contributed by atoms with E-state index in [0.29, 0.717) is 5.92 Å². The molecule has 1 aromatic heterocycles. The molecule has 0 aliphatic carbocycles. The van der Waals surface area contributed by atoms with E-state index in [0.717, 1.165) is 44.2 Å². The highest BCUT2D eigenvalue weighted by Gasteiger charge is 2.18. The first-order chi connectivity index (χ1) is 12.4. The topological polar surface area (TPSA) is 53.1 Å². The second-order valence-corrected chi connectivity index (χ2v) is 7.02. The summed E-state index contributed by atoms with van der Waals surface area (Å²) in [5.41, 5.74) is 4.03. The van der Waals surface area contributed by atoms with Crippen molar-refractivity contribution in [3.05, 3.63) is 47.9 Å². The first-order valence-corrected chi connectivity index (χ1v) is 9.49. The average molecular weight is 337 g/mol. The number of benzene rings is 1. The predicted molar refractivity (Wildman–Crippen MR) is 102 cm³/mol. The van der Waals surface area contributed by atoms with Gasteiger partial charge in [0.25, 0.3) is 0 Å². The maximum absolute atomic E-state index is 4.49. The van der Waals surface area contributed by atoms with Crippen LogP contribution in [-0.4, -0.2) is 42.7 Å². The molecule has 0 spiro atoms. The van der Waals surface area contributed by atoms with Gasteiger partial charge in [0.1, 0.15) is 12.1 Å². The van der Waals surface area contributed by atoms with Crippen molar-refractivity contribution < 1.29 is 0 Å². The molecule has 2 aliphatic heterocycles. The SMILES string of the molecule is c1ccc2c(c1)CCCN2CCNc1cc([C@H]2CCCNC2)ncn1. The van der Waals surface area contributed by atoms with Crippen molar-refractivity contribution in [2.24, 2.45) is 0 Å². The second kappa shape index (κ2) is 7.83. The molecule has 1 atom stereocenters. The fourth-order valence-corrected chi connectivity index (χ4v) is 3.96. The smallest absolute Gasteiger partial charge is 0.129 e. The van der Waals surface area contributed by atoms with Crippen LogP contribution >= 0.6 is 0 Å². The summed E-state index contributed by atoms with van der Waals surface area (Å²) in [5, 5.41) is 6.95. The van der Waals surface area contributed by atoms with Gasteiger partial charge in [-0.15, -0.1) is 0 Å². The zero-order valence-electron chi connectivity index (χ0n) is 14.7. The summed E-state index contributed by atoms with van der Waals surface area (Å²) in [6.45, 7) is 5.20.